The normalized spacial score (nSPS) is 16.6. The van der Waals surface area contributed by atoms with Crippen molar-refractivity contribution < 1.29 is 8.78 Å². The third-order valence-corrected chi connectivity index (χ3v) is 5.30. The molecule has 0 radical (unpaired) electrons. The summed E-state index contributed by atoms with van der Waals surface area (Å²) < 4.78 is 30.1. The monoisotopic (exact) mass is 526 g/mol. The van der Waals surface area contributed by atoms with Gasteiger partial charge in [-0.1, -0.05) is 18.2 Å². The van der Waals surface area contributed by atoms with E-state index in [-0.39, 0.29) is 35.7 Å². The van der Waals surface area contributed by atoms with Gasteiger partial charge >= 0.3 is 0 Å². The summed E-state index contributed by atoms with van der Waals surface area (Å²) in [6.07, 6.45) is 0.765. The molecule has 0 aliphatic carbocycles. The number of aliphatic imine (C=N–C) groups is 1. The van der Waals surface area contributed by atoms with Crippen LogP contribution in [0.2, 0.25) is 0 Å². The van der Waals surface area contributed by atoms with Crippen molar-refractivity contribution in [3.05, 3.63) is 59.9 Å². The highest BCUT2D eigenvalue weighted by atomic mass is 127. The number of hydrogen-bond donors (Lipinski definition) is 2. The zero-order valence-electron chi connectivity index (χ0n) is 16.9. The maximum Gasteiger partial charge on any atom is 0.191 e. The number of nitrogens with zero attached hydrogens (tertiary/aromatic N) is 4. The smallest absolute Gasteiger partial charge is 0.191 e. The average Bonchev–Trinajstić information content (AvgIpc) is 3.30. The zero-order chi connectivity index (χ0) is 20.4. The van der Waals surface area contributed by atoms with Crippen molar-refractivity contribution in [1.82, 2.24) is 20.2 Å². The number of hydrogen-bond acceptors (Lipinski definition) is 3. The third-order valence-electron chi connectivity index (χ3n) is 5.30. The van der Waals surface area contributed by atoms with Crippen molar-refractivity contribution in [3.8, 4) is 0 Å². The summed E-state index contributed by atoms with van der Waals surface area (Å²) in [6, 6.07) is 12.0. The molecule has 1 fully saturated rings. The lowest BCUT2D eigenvalue weighted by Crippen LogP contribution is -2.44. The van der Waals surface area contributed by atoms with E-state index in [2.05, 4.69) is 20.6 Å². The Kier molecular flexibility index (Phi) is 7.11. The van der Waals surface area contributed by atoms with Gasteiger partial charge in [-0.25, -0.2) is 13.8 Å². The quantitative estimate of drug-likeness (QED) is 0.311. The molecule has 1 aromatic heterocycles. The molecule has 1 aliphatic rings. The second-order valence-electron chi connectivity index (χ2n) is 7.15. The van der Waals surface area contributed by atoms with Gasteiger partial charge in [0.15, 0.2) is 5.96 Å². The van der Waals surface area contributed by atoms with Gasteiger partial charge in [0.05, 0.1) is 17.6 Å². The van der Waals surface area contributed by atoms with Gasteiger partial charge in [0.2, 0.25) is 0 Å². The Hall–Kier alpha value is -2.43. The van der Waals surface area contributed by atoms with Crippen molar-refractivity contribution in [2.75, 3.05) is 25.0 Å². The fourth-order valence-electron chi connectivity index (χ4n) is 3.78. The number of benzene rings is 2. The Balaban J connectivity index is 0.00000256. The largest absolute Gasteiger partial charge is 0.365 e. The molecule has 3 aromatic rings. The average molecular weight is 526 g/mol. The molecule has 0 spiro atoms. The van der Waals surface area contributed by atoms with Crippen LogP contribution in [0.5, 0.6) is 0 Å². The molecule has 2 aromatic carbocycles. The molecule has 1 atom stereocenters. The molecule has 0 saturated carbocycles. The van der Waals surface area contributed by atoms with E-state index in [0.29, 0.717) is 25.6 Å². The minimum Gasteiger partial charge on any atom is -0.365 e. The van der Waals surface area contributed by atoms with Crippen LogP contribution in [0.3, 0.4) is 0 Å². The number of nitrogens with one attached hydrogen (secondary N) is 2. The number of imidazole rings is 1. The van der Waals surface area contributed by atoms with Gasteiger partial charge < -0.3 is 20.1 Å². The molecule has 4 rings (SSSR count). The first-order valence-electron chi connectivity index (χ1n) is 9.63. The second kappa shape index (κ2) is 9.59. The summed E-state index contributed by atoms with van der Waals surface area (Å²) in [5.41, 5.74) is 2.07. The van der Waals surface area contributed by atoms with Crippen molar-refractivity contribution in [3.63, 3.8) is 0 Å². The fourth-order valence-corrected chi connectivity index (χ4v) is 3.78. The predicted octanol–water partition coefficient (Wildman–Crippen LogP) is 3.41. The van der Waals surface area contributed by atoms with Crippen LogP contribution in [0.1, 0.15) is 12.2 Å². The molecule has 0 bridgehead atoms. The number of anilines is 1. The van der Waals surface area contributed by atoms with Gasteiger partial charge in [-0.15, -0.1) is 24.0 Å². The van der Waals surface area contributed by atoms with Gasteiger partial charge in [0.1, 0.15) is 23.1 Å². The van der Waals surface area contributed by atoms with E-state index in [0.717, 1.165) is 23.3 Å². The molecule has 2 N–H and O–H groups in total. The van der Waals surface area contributed by atoms with Crippen molar-refractivity contribution in [2.24, 2.45) is 12.0 Å². The van der Waals surface area contributed by atoms with E-state index in [4.69, 9.17) is 0 Å². The number of aryl methyl sites for hydroxylation is 1. The fraction of sp³-hybridized carbons (Fsp3) is 0.333. The lowest BCUT2D eigenvalue weighted by molar-refractivity contribution is 0.575. The first-order valence-corrected chi connectivity index (χ1v) is 9.63. The number of guanidine groups is 1. The molecule has 2 heterocycles. The molecule has 1 aliphatic heterocycles. The van der Waals surface area contributed by atoms with Crippen LogP contribution in [0, 0.1) is 11.6 Å². The van der Waals surface area contributed by atoms with E-state index in [1.54, 1.807) is 11.9 Å². The molecule has 1 unspecified atom stereocenters. The highest BCUT2D eigenvalue weighted by Crippen LogP contribution is 2.26. The highest BCUT2D eigenvalue weighted by molar-refractivity contribution is 14.0. The van der Waals surface area contributed by atoms with E-state index in [1.807, 2.05) is 35.9 Å². The number of halogens is 3. The number of fused-ring (bicyclic) bond motifs is 1. The highest BCUT2D eigenvalue weighted by Gasteiger charge is 2.27. The van der Waals surface area contributed by atoms with Crippen LogP contribution >= 0.6 is 24.0 Å². The number of rotatable bonds is 4. The van der Waals surface area contributed by atoms with Crippen LogP contribution in [0.25, 0.3) is 11.0 Å². The zero-order valence-corrected chi connectivity index (χ0v) is 19.2. The van der Waals surface area contributed by atoms with Gasteiger partial charge in [0.25, 0.3) is 0 Å². The Morgan fingerprint density at radius 1 is 1.17 bits per heavy atom. The van der Waals surface area contributed by atoms with Crippen molar-refractivity contribution in [2.45, 2.75) is 19.0 Å². The second-order valence-corrected chi connectivity index (χ2v) is 7.15. The van der Waals surface area contributed by atoms with E-state index in [9.17, 15) is 8.78 Å². The molecule has 0 amide bonds. The minimum atomic E-state index is -0.532. The maximum atomic E-state index is 14.0. The first-order chi connectivity index (χ1) is 14.1. The van der Waals surface area contributed by atoms with Crippen LogP contribution in [0.4, 0.5) is 14.5 Å². The van der Waals surface area contributed by atoms with Crippen molar-refractivity contribution >= 4 is 46.7 Å². The van der Waals surface area contributed by atoms with Crippen LogP contribution < -0.4 is 15.5 Å². The van der Waals surface area contributed by atoms with Crippen LogP contribution in [-0.4, -0.2) is 41.7 Å². The Morgan fingerprint density at radius 2 is 1.90 bits per heavy atom. The lowest BCUT2D eigenvalue weighted by Gasteiger charge is -2.21. The van der Waals surface area contributed by atoms with E-state index >= 15 is 0 Å². The standard InChI is InChI=1S/C21H24F2N6.HI/c1-24-21(25-12-19-27-17-8-3-4-9-18(17)28(19)2)26-14-10-11-29(13-14)20-15(22)6-5-7-16(20)23;/h3-9,14H,10-13H2,1-2H3,(H2,24,25,26);1H. The lowest BCUT2D eigenvalue weighted by atomic mass is 10.2. The Morgan fingerprint density at radius 3 is 2.60 bits per heavy atom. The SMILES string of the molecule is CN=C(NCc1nc2ccccc2n1C)NC1CCN(c2c(F)cccc2F)C1.I. The van der Waals surface area contributed by atoms with Gasteiger partial charge in [-0.2, -0.15) is 0 Å². The summed E-state index contributed by atoms with van der Waals surface area (Å²) >= 11 is 0. The summed E-state index contributed by atoms with van der Waals surface area (Å²) in [7, 11) is 3.69. The number of aromatic nitrogens is 2. The molecular formula is C21H25F2IN6. The first kappa shape index (κ1) is 22.3. The van der Waals surface area contributed by atoms with Crippen LogP contribution in [0.15, 0.2) is 47.5 Å². The van der Waals surface area contributed by atoms with Crippen molar-refractivity contribution in [1.29, 1.82) is 0 Å². The summed E-state index contributed by atoms with van der Waals surface area (Å²) in [6.45, 7) is 1.60. The molecule has 30 heavy (non-hydrogen) atoms. The maximum absolute atomic E-state index is 14.0. The Labute approximate surface area is 191 Å². The summed E-state index contributed by atoms with van der Waals surface area (Å²) in [5, 5.41) is 6.62. The third kappa shape index (κ3) is 4.50. The Bertz CT molecular complexity index is 1030. The van der Waals surface area contributed by atoms with Gasteiger partial charge in [-0.05, 0) is 30.7 Å². The summed E-state index contributed by atoms with van der Waals surface area (Å²) in [5.74, 6) is 0.471. The van der Waals surface area contributed by atoms with Gasteiger partial charge in [0, 0.05) is 33.2 Å². The van der Waals surface area contributed by atoms with Gasteiger partial charge in [-0.3, -0.25) is 4.99 Å². The topological polar surface area (TPSA) is 57.5 Å². The molecule has 6 nitrogen and oxygen atoms in total. The van der Waals surface area contributed by atoms with E-state index in [1.165, 1.54) is 18.2 Å². The molecule has 1 saturated heterocycles. The molecule has 9 heteroatoms. The van der Waals surface area contributed by atoms with Crippen LogP contribution in [-0.2, 0) is 13.6 Å². The molecular weight excluding hydrogens is 501 g/mol. The number of para-hydroxylation sites is 3. The summed E-state index contributed by atoms with van der Waals surface area (Å²) in [4.78, 5) is 10.7. The minimum absolute atomic E-state index is 0. The molecule has 160 valence electrons. The van der Waals surface area contributed by atoms with E-state index < -0.39 is 11.6 Å². The predicted molar refractivity (Wildman–Crippen MR) is 126 cm³/mol.